The van der Waals surface area contributed by atoms with Gasteiger partial charge in [0, 0.05) is 5.69 Å². The first-order chi connectivity index (χ1) is 14.9. The highest BCUT2D eigenvalue weighted by Crippen LogP contribution is 2.37. The summed E-state index contributed by atoms with van der Waals surface area (Å²) in [6.07, 6.45) is -3.74. The van der Waals surface area contributed by atoms with Gasteiger partial charge in [0.2, 0.25) is 0 Å². The molecule has 0 bridgehead atoms. The van der Waals surface area contributed by atoms with Crippen molar-refractivity contribution in [3.05, 3.63) is 71.1 Å². The largest absolute Gasteiger partial charge is 0.418 e. The minimum absolute atomic E-state index is 0.0631. The number of amides is 1. The van der Waals surface area contributed by atoms with Crippen LogP contribution in [-0.4, -0.2) is 19.5 Å². The second-order valence-corrected chi connectivity index (χ2v) is 9.02. The molecule has 0 radical (unpaired) electrons. The summed E-state index contributed by atoms with van der Waals surface area (Å²) in [4.78, 5) is 12.1. The van der Waals surface area contributed by atoms with E-state index in [0.717, 1.165) is 23.9 Å². The van der Waals surface area contributed by atoms with Gasteiger partial charge in [-0.15, -0.1) is 0 Å². The van der Waals surface area contributed by atoms with E-state index in [9.17, 15) is 26.4 Å². The molecule has 0 saturated carbocycles. The van der Waals surface area contributed by atoms with E-state index in [0.29, 0.717) is 6.07 Å². The van der Waals surface area contributed by atoms with Crippen molar-refractivity contribution in [3.63, 3.8) is 0 Å². The predicted octanol–water partition coefficient (Wildman–Crippen LogP) is 5.18. The van der Waals surface area contributed by atoms with E-state index >= 15 is 0 Å². The average molecular weight is 467 g/mol. The number of anilines is 2. The molecule has 32 heavy (non-hydrogen) atoms. The Morgan fingerprint density at radius 1 is 1.09 bits per heavy atom. The Labute approximate surface area is 182 Å². The van der Waals surface area contributed by atoms with E-state index in [1.165, 1.54) is 19.1 Å². The van der Waals surface area contributed by atoms with Gasteiger partial charge in [-0.3, -0.25) is 9.52 Å². The van der Waals surface area contributed by atoms with Crippen LogP contribution >= 0.6 is 0 Å². The first-order valence-corrected chi connectivity index (χ1v) is 10.9. The molecule has 7 nitrogen and oxygen atoms in total. The van der Waals surface area contributed by atoms with Crippen LogP contribution in [0.4, 0.5) is 24.5 Å². The number of aryl methyl sites for hydroxylation is 1. The van der Waals surface area contributed by atoms with Crippen LogP contribution in [0, 0.1) is 6.92 Å². The number of carbonyl (C=O) groups is 1. The molecule has 3 aromatic rings. The van der Waals surface area contributed by atoms with Gasteiger partial charge in [-0.25, -0.2) is 8.42 Å². The van der Waals surface area contributed by atoms with Crippen molar-refractivity contribution in [2.75, 3.05) is 10.0 Å². The molecule has 0 aliphatic rings. The maximum absolute atomic E-state index is 13.7. The third-order valence-electron chi connectivity index (χ3n) is 4.68. The fraction of sp³-hybridized carbons (Fsp3) is 0.238. The van der Waals surface area contributed by atoms with Crippen molar-refractivity contribution in [2.24, 2.45) is 0 Å². The molecule has 0 aliphatic heterocycles. The Morgan fingerprint density at radius 3 is 2.28 bits per heavy atom. The van der Waals surface area contributed by atoms with Crippen molar-refractivity contribution in [1.82, 2.24) is 5.16 Å². The Hall–Kier alpha value is -3.34. The molecule has 0 saturated heterocycles. The maximum Gasteiger partial charge on any atom is 0.418 e. The van der Waals surface area contributed by atoms with Crippen LogP contribution in [0.1, 0.15) is 47.0 Å². The third-order valence-corrected chi connectivity index (χ3v) is 6.06. The van der Waals surface area contributed by atoms with Crippen molar-refractivity contribution < 1.29 is 30.9 Å². The Kier molecular flexibility index (Phi) is 6.31. The lowest BCUT2D eigenvalue weighted by Crippen LogP contribution is -2.18. The molecule has 0 unspecified atom stereocenters. The first-order valence-electron chi connectivity index (χ1n) is 9.45. The summed E-state index contributed by atoms with van der Waals surface area (Å²) in [5.74, 6) is -0.345. The van der Waals surface area contributed by atoms with Crippen LogP contribution in [0.2, 0.25) is 0 Å². The van der Waals surface area contributed by atoms with Gasteiger partial charge >= 0.3 is 6.18 Å². The van der Waals surface area contributed by atoms with Gasteiger partial charge in [-0.1, -0.05) is 31.1 Å². The normalized spacial score (nSPS) is 12.1. The Morgan fingerprint density at radius 2 is 1.75 bits per heavy atom. The van der Waals surface area contributed by atoms with E-state index in [4.69, 9.17) is 4.52 Å². The van der Waals surface area contributed by atoms with Crippen LogP contribution < -0.4 is 10.0 Å². The Bertz CT molecular complexity index is 1230. The van der Waals surface area contributed by atoms with Gasteiger partial charge in [-0.05, 0) is 48.7 Å². The zero-order valence-corrected chi connectivity index (χ0v) is 18.1. The second-order valence-electron chi connectivity index (χ2n) is 7.34. The summed E-state index contributed by atoms with van der Waals surface area (Å²) in [5, 5.41) is 5.77. The summed E-state index contributed by atoms with van der Waals surface area (Å²) in [6, 6.07) is 8.64. The number of sulfonamides is 1. The number of nitrogens with one attached hydrogen (secondary N) is 2. The van der Waals surface area contributed by atoms with Gasteiger partial charge in [0.05, 0.1) is 22.3 Å². The lowest BCUT2D eigenvalue weighted by molar-refractivity contribution is -0.136. The van der Waals surface area contributed by atoms with Crippen LogP contribution in [0.25, 0.3) is 0 Å². The highest BCUT2D eigenvalue weighted by Gasteiger charge is 2.35. The summed E-state index contributed by atoms with van der Waals surface area (Å²) >= 11 is 0. The average Bonchev–Trinajstić information content (AvgIpc) is 3.14. The molecular formula is C21H20F3N3O4S. The molecule has 1 amide bonds. The fourth-order valence-corrected chi connectivity index (χ4v) is 3.98. The third kappa shape index (κ3) is 5.10. The molecule has 2 N–H and O–H groups in total. The standard InChI is InChI=1S/C21H20F3N3O4S/c1-12(2)14-4-7-16(8-5-14)32(29,30)27-19-9-6-15(10-18(19)21(22,23)24)26-20(28)17-11-25-31-13(17)3/h4-12,27H,1-3H3,(H,26,28). The zero-order valence-electron chi connectivity index (χ0n) is 17.3. The van der Waals surface area contributed by atoms with E-state index in [1.54, 1.807) is 12.1 Å². The fourth-order valence-electron chi connectivity index (χ4n) is 2.90. The zero-order chi connectivity index (χ0) is 23.7. The second kappa shape index (κ2) is 8.65. The molecule has 170 valence electrons. The molecule has 0 aliphatic carbocycles. The smallest absolute Gasteiger partial charge is 0.361 e. The number of rotatable bonds is 6. The summed E-state index contributed by atoms with van der Waals surface area (Å²) < 4.78 is 73.0. The molecule has 3 rings (SSSR count). The van der Waals surface area contributed by atoms with Crippen molar-refractivity contribution in [1.29, 1.82) is 0 Å². The highest BCUT2D eigenvalue weighted by molar-refractivity contribution is 7.92. The molecule has 0 fully saturated rings. The summed E-state index contributed by atoms with van der Waals surface area (Å²) in [5.41, 5.74) is -1.13. The van der Waals surface area contributed by atoms with Crippen molar-refractivity contribution in [3.8, 4) is 0 Å². The highest BCUT2D eigenvalue weighted by atomic mass is 32.2. The van der Waals surface area contributed by atoms with Gasteiger partial charge < -0.3 is 9.84 Å². The van der Waals surface area contributed by atoms with Gasteiger partial charge in [0.25, 0.3) is 15.9 Å². The quantitative estimate of drug-likeness (QED) is 0.520. The van der Waals surface area contributed by atoms with Gasteiger partial charge in [-0.2, -0.15) is 13.2 Å². The van der Waals surface area contributed by atoms with Crippen molar-refractivity contribution >= 4 is 27.3 Å². The van der Waals surface area contributed by atoms with E-state index in [-0.39, 0.29) is 27.8 Å². The monoisotopic (exact) mass is 467 g/mol. The summed E-state index contributed by atoms with van der Waals surface area (Å²) in [7, 11) is -4.27. The first kappa shape index (κ1) is 23.3. The molecule has 2 aromatic carbocycles. The molecule has 1 aromatic heterocycles. The predicted molar refractivity (Wildman–Crippen MR) is 112 cm³/mol. The molecule has 11 heteroatoms. The minimum atomic E-state index is -4.88. The van der Waals surface area contributed by atoms with Gasteiger partial charge in [0.15, 0.2) is 0 Å². The number of benzene rings is 2. The number of hydrogen-bond acceptors (Lipinski definition) is 5. The molecule has 0 spiro atoms. The number of carbonyl (C=O) groups excluding carboxylic acids is 1. The van der Waals surface area contributed by atoms with Crippen molar-refractivity contribution in [2.45, 2.75) is 37.8 Å². The molecular weight excluding hydrogens is 447 g/mol. The lowest BCUT2D eigenvalue weighted by atomic mass is 10.0. The maximum atomic E-state index is 13.7. The molecule has 0 atom stereocenters. The lowest BCUT2D eigenvalue weighted by Gasteiger charge is -2.17. The number of halogens is 3. The number of nitrogens with zero attached hydrogens (tertiary/aromatic N) is 1. The number of hydrogen-bond donors (Lipinski definition) is 2. The number of alkyl halides is 3. The SMILES string of the molecule is Cc1oncc1C(=O)Nc1ccc(NS(=O)(=O)c2ccc(C(C)C)cc2)c(C(F)(F)F)c1. The van der Waals surface area contributed by atoms with Crippen LogP contribution in [0.5, 0.6) is 0 Å². The van der Waals surface area contributed by atoms with E-state index < -0.39 is 33.4 Å². The summed E-state index contributed by atoms with van der Waals surface area (Å²) in [6.45, 7) is 5.35. The van der Waals surface area contributed by atoms with E-state index in [1.807, 2.05) is 18.6 Å². The van der Waals surface area contributed by atoms with Crippen LogP contribution in [0.3, 0.4) is 0 Å². The van der Waals surface area contributed by atoms with Gasteiger partial charge in [0.1, 0.15) is 11.3 Å². The molecule has 1 heterocycles. The van der Waals surface area contributed by atoms with Crippen LogP contribution in [-0.2, 0) is 16.2 Å². The Balaban J connectivity index is 1.91. The number of aromatic nitrogens is 1. The minimum Gasteiger partial charge on any atom is -0.361 e. The topological polar surface area (TPSA) is 101 Å². The van der Waals surface area contributed by atoms with Crippen LogP contribution in [0.15, 0.2) is 58.1 Å². The van der Waals surface area contributed by atoms with E-state index in [2.05, 4.69) is 10.5 Å².